The molecule has 0 saturated carbocycles. The number of aryl methyl sites for hydroxylation is 1. The van der Waals surface area contributed by atoms with Crippen LogP contribution in [-0.2, 0) is 26.2 Å². The largest absolute Gasteiger partial charge is 0.354 e. The smallest absolute Gasteiger partial charge is 0.264 e. The molecule has 0 radical (unpaired) electrons. The van der Waals surface area contributed by atoms with Gasteiger partial charge in [0.1, 0.15) is 18.4 Å². The molecule has 1 N–H and O–H groups in total. The normalized spacial score (nSPS) is 12.2. The van der Waals surface area contributed by atoms with Crippen molar-refractivity contribution in [3.63, 3.8) is 0 Å². The van der Waals surface area contributed by atoms with Gasteiger partial charge in [0.05, 0.1) is 10.6 Å². The highest BCUT2D eigenvalue weighted by molar-refractivity contribution is 7.92. The van der Waals surface area contributed by atoms with Crippen LogP contribution in [0.3, 0.4) is 0 Å². The first-order valence-electron chi connectivity index (χ1n) is 13.0. The summed E-state index contributed by atoms with van der Waals surface area (Å²) >= 11 is 0. The lowest BCUT2D eigenvalue weighted by molar-refractivity contribution is -0.140. The number of nitrogens with zero attached hydrogens (tertiary/aromatic N) is 2. The molecule has 3 rings (SSSR count). The first-order chi connectivity index (χ1) is 18.5. The van der Waals surface area contributed by atoms with Crippen LogP contribution in [0.25, 0.3) is 0 Å². The molecule has 9 heteroatoms. The predicted octanol–water partition coefficient (Wildman–Crippen LogP) is 4.91. The van der Waals surface area contributed by atoms with Crippen LogP contribution in [0.15, 0.2) is 83.8 Å². The number of hydrogen-bond donors (Lipinski definition) is 1. The van der Waals surface area contributed by atoms with Gasteiger partial charge in [-0.1, -0.05) is 68.8 Å². The third-order valence-corrected chi connectivity index (χ3v) is 8.06. The quantitative estimate of drug-likeness (QED) is 0.345. The van der Waals surface area contributed by atoms with E-state index in [1.165, 1.54) is 29.2 Å². The van der Waals surface area contributed by atoms with E-state index in [9.17, 15) is 22.4 Å². The molecule has 1 atom stereocenters. The summed E-state index contributed by atoms with van der Waals surface area (Å²) in [4.78, 5) is 28.5. The summed E-state index contributed by atoms with van der Waals surface area (Å²) in [5.74, 6) is -1.16. The van der Waals surface area contributed by atoms with Gasteiger partial charge in [0.2, 0.25) is 11.8 Å². The fraction of sp³-hybridized carbons (Fsp3) is 0.333. The molecule has 0 saturated heterocycles. The minimum Gasteiger partial charge on any atom is -0.354 e. The summed E-state index contributed by atoms with van der Waals surface area (Å²) in [7, 11) is -4.20. The lowest BCUT2D eigenvalue weighted by Crippen LogP contribution is -2.52. The molecule has 0 spiro atoms. The third kappa shape index (κ3) is 7.89. The number of rotatable bonds is 12. The van der Waals surface area contributed by atoms with Crippen molar-refractivity contribution in [2.45, 2.75) is 51.6 Å². The Hall–Kier alpha value is -3.72. The van der Waals surface area contributed by atoms with Crippen LogP contribution in [0.2, 0.25) is 0 Å². The summed E-state index contributed by atoms with van der Waals surface area (Å²) in [6.07, 6.45) is 0.337. The lowest BCUT2D eigenvalue weighted by atomic mass is 10.1. The van der Waals surface area contributed by atoms with Gasteiger partial charge >= 0.3 is 0 Å². The first-order valence-corrected chi connectivity index (χ1v) is 14.4. The number of halogens is 1. The van der Waals surface area contributed by atoms with Crippen LogP contribution < -0.4 is 9.62 Å². The molecule has 3 aromatic rings. The van der Waals surface area contributed by atoms with Gasteiger partial charge in [-0.3, -0.25) is 13.9 Å². The summed E-state index contributed by atoms with van der Waals surface area (Å²) in [6.45, 7) is 7.61. The number of anilines is 1. The van der Waals surface area contributed by atoms with Gasteiger partial charge in [-0.05, 0) is 61.2 Å². The van der Waals surface area contributed by atoms with Crippen molar-refractivity contribution in [2.24, 2.45) is 5.92 Å². The van der Waals surface area contributed by atoms with Crippen LogP contribution in [0.5, 0.6) is 0 Å². The minimum atomic E-state index is -4.20. The molecule has 0 heterocycles. The molecule has 0 fully saturated rings. The Kier molecular flexibility index (Phi) is 10.2. The molecule has 208 valence electrons. The highest BCUT2D eigenvalue weighted by Crippen LogP contribution is 2.25. The third-order valence-electron chi connectivity index (χ3n) is 6.27. The zero-order valence-corrected chi connectivity index (χ0v) is 23.6. The van der Waals surface area contributed by atoms with Crippen molar-refractivity contribution in [3.8, 4) is 0 Å². The number of nitrogens with one attached hydrogen (secondary N) is 1. The summed E-state index contributed by atoms with van der Waals surface area (Å²) < 4.78 is 42.3. The van der Waals surface area contributed by atoms with Gasteiger partial charge in [-0.2, -0.15) is 0 Å². The van der Waals surface area contributed by atoms with Gasteiger partial charge in [-0.15, -0.1) is 0 Å². The van der Waals surface area contributed by atoms with Crippen LogP contribution >= 0.6 is 0 Å². The molecule has 39 heavy (non-hydrogen) atoms. The molecule has 0 aliphatic carbocycles. The fourth-order valence-electron chi connectivity index (χ4n) is 4.10. The molecule has 1 unspecified atom stereocenters. The Labute approximate surface area is 230 Å². The molecular weight excluding hydrogens is 517 g/mol. The molecule has 3 aromatic carbocycles. The van der Waals surface area contributed by atoms with Crippen molar-refractivity contribution in [3.05, 3.63) is 95.8 Å². The van der Waals surface area contributed by atoms with Crippen molar-refractivity contribution in [1.29, 1.82) is 0 Å². The second-order valence-corrected chi connectivity index (χ2v) is 11.7. The SMILES string of the molecule is CCC(C(=O)NCC(C)C)N(Cc1ccccc1)C(=O)CN(c1ccc(F)cc1)S(=O)(=O)c1ccc(C)cc1. The maximum atomic E-state index is 13.9. The molecular formula is C30H36FN3O4S. The van der Waals surface area contributed by atoms with E-state index < -0.39 is 34.3 Å². The van der Waals surface area contributed by atoms with Crippen molar-refractivity contribution in [2.75, 3.05) is 17.4 Å². The molecule has 2 amide bonds. The van der Waals surface area contributed by atoms with Gasteiger partial charge < -0.3 is 10.2 Å². The van der Waals surface area contributed by atoms with Gasteiger partial charge in [0, 0.05) is 13.1 Å². The predicted molar refractivity (Wildman–Crippen MR) is 151 cm³/mol. The molecule has 7 nitrogen and oxygen atoms in total. The van der Waals surface area contributed by atoms with Gasteiger partial charge in [0.25, 0.3) is 10.0 Å². The van der Waals surface area contributed by atoms with E-state index in [1.807, 2.05) is 58.0 Å². The summed E-state index contributed by atoms with van der Waals surface area (Å²) in [5.41, 5.74) is 1.82. The zero-order valence-electron chi connectivity index (χ0n) is 22.8. The highest BCUT2D eigenvalue weighted by atomic mass is 32.2. The Morgan fingerprint density at radius 2 is 1.54 bits per heavy atom. The minimum absolute atomic E-state index is 0.00144. The standard InChI is InChI=1S/C30H36FN3O4S/c1-5-28(30(36)32-19-22(2)3)33(20-24-9-7-6-8-10-24)29(35)21-34(26-15-13-25(31)14-16-26)39(37,38)27-17-11-23(4)12-18-27/h6-18,22,28H,5,19-21H2,1-4H3,(H,32,36). The highest BCUT2D eigenvalue weighted by Gasteiger charge is 2.33. The summed E-state index contributed by atoms with van der Waals surface area (Å²) in [5, 5.41) is 2.90. The monoisotopic (exact) mass is 553 g/mol. The fourth-order valence-corrected chi connectivity index (χ4v) is 5.51. The Balaban J connectivity index is 2.02. The van der Waals surface area contributed by atoms with E-state index in [2.05, 4.69) is 5.32 Å². The van der Waals surface area contributed by atoms with Gasteiger partial charge in [0.15, 0.2) is 0 Å². The second-order valence-electron chi connectivity index (χ2n) is 9.87. The van der Waals surface area contributed by atoms with Crippen molar-refractivity contribution in [1.82, 2.24) is 10.2 Å². The molecule has 0 aliphatic rings. The molecule has 0 aliphatic heterocycles. The average Bonchev–Trinajstić information content (AvgIpc) is 2.91. The number of carbonyl (C=O) groups excluding carboxylic acids is 2. The van der Waals surface area contributed by atoms with Crippen LogP contribution in [0.1, 0.15) is 38.3 Å². The number of carbonyl (C=O) groups is 2. The van der Waals surface area contributed by atoms with Crippen molar-refractivity contribution >= 4 is 27.5 Å². The van der Waals surface area contributed by atoms with Crippen molar-refractivity contribution < 1.29 is 22.4 Å². The number of sulfonamides is 1. The van der Waals surface area contributed by atoms with E-state index in [-0.39, 0.29) is 29.0 Å². The first kappa shape index (κ1) is 29.8. The Morgan fingerprint density at radius 1 is 0.923 bits per heavy atom. The Morgan fingerprint density at radius 3 is 2.10 bits per heavy atom. The van der Waals surface area contributed by atoms with E-state index in [1.54, 1.807) is 12.1 Å². The van der Waals surface area contributed by atoms with E-state index in [0.717, 1.165) is 27.6 Å². The lowest BCUT2D eigenvalue weighted by Gasteiger charge is -2.33. The maximum absolute atomic E-state index is 13.9. The number of amides is 2. The van der Waals surface area contributed by atoms with E-state index in [0.29, 0.717) is 13.0 Å². The zero-order chi connectivity index (χ0) is 28.6. The second kappa shape index (κ2) is 13.4. The molecule has 0 bridgehead atoms. The topological polar surface area (TPSA) is 86.8 Å². The van der Waals surface area contributed by atoms with Crippen LogP contribution in [0, 0.1) is 18.7 Å². The van der Waals surface area contributed by atoms with E-state index >= 15 is 0 Å². The maximum Gasteiger partial charge on any atom is 0.264 e. The van der Waals surface area contributed by atoms with Gasteiger partial charge in [-0.25, -0.2) is 12.8 Å². The molecule has 0 aromatic heterocycles. The van der Waals surface area contributed by atoms with E-state index in [4.69, 9.17) is 0 Å². The number of benzene rings is 3. The Bertz CT molecular complexity index is 1350. The summed E-state index contributed by atoms with van der Waals surface area (Å²) in [6, 6.07) is 19.6. The number of hydrogen-bond acceptors (Lipinski definition) is 4. The average molecular weight is 554 g/mol. The van der Waals surface area contributed by atoms with Crippen LogP contribution in [-0.4, -0.2) is 44.3 Å². The van der Waals surface area contributed by atoms with Crippen LogP contribution in [0.4, 0.5) is 10.1 Å².